The summed E-state index contributed by atoms with van der Waals surface area (Å²) in [4.78, 5) is 23.9. The molecule has 0 aliphatic carbocycles. The van der Waals surface area contributed by atoms with E-state index in [0.29, 0.717) is 5.69 Å². The molecule has 0 fully saturated rings. The fourth-order valence-corrected chi connectivity index (χ4v) is 2.37. The van der Waals surface area contributed by atoms with Crippen molar-refractivity contribution in [3.05, 3.63) is 29.6 Å². The van der Waals surface area contributed by atoms with Crippen molar-refractivity contribution >= 4 is 39.1 Å². The predicted octanol–water partition coefficient (Wildman–Crippen LogP) is 2.84. The average Bonchev–Trinajstić information content (AvgIpc) is 2.84. The molecule has 0 aliphatic rings. The maximum absolute atomic E-state index is 11.9. The third kappa shape index (κ3) is 2.85. The minimum absolute atomic E-state index is 0.440. The number of fused-ring (bicyclic) bond motifs is 1. The number of carbonyl (C=O) groups is 2. The van der Waals surface area contributed by atoms with Crippen molar-refractivity contribution in [2.75, 3.05) is 12.4 Å². The molecule has 1 heterocycles. The summed E-state index contributed by atoms with van der Waals surface area (Å²) in [6.07, 6.45) is 0. The summed E-state index contributed by atoms with van der Waals surface area (Å²) < 4.78 is 1.14. The number of aliphatic carboxylic acids is 1. The van der Waals surface area contributed by atoms with Crippen molar-refractivity contribution in [3.8, 4) is 0 Å². The number of anilines is 1. The molecule has 6 heteroatoms. The van der Waals surface area contributed by atoms with Gasteiger partial charge < -0.3 is 15.3 Å². The first-order valence-corrected chi connectivity index (χ1v) is 6.61. The number of benzene rings is 1. The molecule has 100 valence electrons. The molecule has 2 rings (SSSR count). The van der Waals surface area contributed by atoms with Crippen molar-refractivity contribution in [3.63, 3.8) is 0 Å². The largest absolute Gasteiger partial charge is 0.480 e. The van der Waals surface area contributed by atoms with Crippen molar-refractivity contribution < 1.29 is 14.7 Å². The lowest BCUT2D eigenvalue weighted by Crippen LogP contribution is -2.42. The van der Waals surface area contributed by atoms with Crippen LogP contribution in [-0.2, 0) is 4.79 Å². The van der Waals surface area contributed by atoms with Gasteiger partial charge >= 0.3 is 12.0 Å². The number of likely N-dealkylation sites (N-methyl/N-ethyl adjacent to an activating group) is 1. The molecule has 0 aliphatic heterocycles. The lowest BCUT2D eigenvalue weighted by atomic mass is 10.2. The van der Waals surface area contributed by atoms with Crippen LogP contribution in [-0.4, -0.2) is 35.1 Å². The highest BCUT2D eigenvalue weighted by molar-refractivity contribution is 7.17. The van der Waals surface area contributed by atoms with E-state index in [2.05, 4.69) is 5.32 Å². The lowest BCUT2D eigenvalue weighted by Gasteiger charge is -2.21. The van der Waals surface area contributed by atoms with Crippen LogP contribution >= 0.6 is 11.3 Å². The molecule has 0 saturated heterocycles. The van der Waals surface area contributed by atoms with E-state index in [4.69, 9.17) is 5.11 Å². The van der Waals surface area contributed by atoms with Crippen LogP contribution in [0.3, 0.4) is 0 Å². The molecular weight excluding hydrogens is 264 g/mol. The Morgan fingerprint density at radius 3 is 2.79 bits per heavy atom. The number of amides is 2. The number of carboxylic acids is 1. The molecule has 19 heavy (non-hydrogen) atoms. The summed E-state index contributed by atoms with van der Waals surface area (Å²) in [6, 6.07) is 6.25. The van der Waals surface area contributed by atoms with Gasteiger partial charge in [-0.25, -0.2) is 9.59 Å². The minimum atomic E-state index is -1.04. The number of nitrogens with zero attached hydrogens (tertiary/aromatic N) is 1. The van der Waals surface area contributed by atoms with E-state index in [1.165, 1.54) is 14.0 Å². The second-order valence-electron chi connectivity index (χ2n) is 4.23. The fourth-order valence-electron chi connectivity index (χ4n) is 1.60. The second kappa shape index (κ2) is 5.27. The van der Waals surface area contributed by atoms with Gasteiger partial charge in [0.25, 0.3) is 0 Å². The van der Waals surface area contributed by atoms with Gasteiger partial charge in [0.2, 0.25) is 0 Å². The smallest absolute Gasteiger partial charge is 0.326 e. The van der Waals surface area contributed by atoms with E-state index in [0.717, 1.165) is 15.0 Å². The Bertz CT molecular complexity index is 623. The molecule has 5 nitrogen and oxygen atoms in total. The van der Waals surface area contributed by atoms with E-state index in [9.17, 15) is 9.59 Å². The zero-order valence-corrected chi connectivity index (χ0v) is 11.4. The lowest BCUT2D eigenvalue weighted by molar-refractivity contribution is -0.141. The molecule has 2 amide bonds. The first kappa shape index (κ1) is 13.4. The Balaban J connectivity index is 2.11. The topological polar surface area (TPSA) is 69.6 Å². The van der Waals surface area contributed by atoms with Crippen LogP contribution in [0.1, 0.15) is 6.92 Å². The van der Waals surface area contributed by atoms with E-state index in [1.54, 1.807) is 17.4 Å². The number of nitrogens with one attached hydrogen (secondary N) is 1. The van der Waals surface area contributed by atoms with Crippen LogP contribution in [0, 0.1) is 0 Å². The van der Waals surface area contributed by atoms with Crippen LogP contribution in [0.5, 0.6) is 0 Å². The van der Waals surface area contributed by atoms with Gasteiger partial charge in [0.05, 0.1) is 0 Å². The van der Waals surface area contributed by atoms with Crippen LogP contribution < -0.4 is 5.32 Å². The molecule has 0 spiro atoms. The molecule has 2 N–H and O–H groups in total. The van der Waals surface area contributed by atoms with Crippen LogP contribution in [0.25, 0.3) is 10.1 Å². The van der Waals surface area contributed by atoms with Gasteiger partial charge in [0.1, 0.15) is 6.04 Å². The monoisotopic (exact) mass is 278 g/mol. The second-order valence-corrected chi connectivity index (χ2v) is 5.18. The summed E-state index contributed by atoms with van der Waals surface area (Å²) in [5, 5.41) is 14.6. The summed E-state index contributed by atoms with van der Waals surface area (Å²) in [5.74, 6) is -1.04. The highest BCUT2D eigenvalue weighted by atomic mass is 32.1. The Hall–Kier alpha value is -2.08. The molecule has 0 radical (unpaired) electrons. The van der Waals surface area contributed by atoms with E-state index in [-0.39, 0.29) is 0 Å². The number of carbonyl (C=O) groups excluding carboxylic acids is 1. The van der Waals surface area contributed by atoms with Gasteiger partial charge in [-0.05, 0) is 42.0 Å². The van der Waals surface area contributed by atoms with E-state index in [1.807, 2.05) is 23.6 Å². The highest BCUT2D eigenvalue weighted by Crippen LogP contribution is 2.24. The first-order chi connectivity index (χ1) is 8.99. The molecule has 1 aromatic heterocycles. The number of thiophene rings is 1. The molecule has 0 saturated carbocycles. The van der Waals surface area contributed by atoms with E-state index >= 15 is 0 Å². The number of carboxylic acid groups (broad SMARTS) is 1. The molecular formula is C13H14N2O3S. The Morgan fingerprint density at radius 1 is 1.37 bits per heavy atom. The standard InChI is InChI=1S/C13H14N2O3S/c1-8(12(16)17)15(2)13(18)14-10-3-4-11-9(7-10)5-6-19-11/h3-8H,1-2H3,(H,14,18)(H,16,17). The van der Waals surface area contributed by atoms with Crippen molar-refractivity contribution in [2.24, 2.45) is 0 Å². The maximum Gasteiger partial charge on any atom is 0.326 e. The van der Waals surface area contributed by atoms with Crippen LogP contribution in [0.2, 0.25) is 0 Å². The molecule has 0 bridgehead atoms. The summed E-state index contributed by atoms with van der Waals surface area (Å²) in [5.41, 5.74) is 0.653. The van der Waals surface area contributed by atoms with Gasteiger partial charge in [-0.3, -0.25) is 0 Å². The zero-order chi connectivity index (χ0) is 14.0. The minimum Gasteiger partial charge on any atom is -0.480 e. The average molecular weight is 278 g/mol. The zero-order valence-electron chi connectivity index (χ0n) is 10.6. The van der Waals surface area contributed by atoms with Crippen molar-refractivity contribution in [1.82, 2.24) is 4.90 Å². The van der Waals surface area contributed by atoms with Crippen LogP contribution in [0.15, 0.2) is 29.6 Å². The van der Waals surface area contributed by atoms with Gasteiger partial charge in [0.15, 0.2) is 0 Å². The highest BCUT2D eigenvalue weighted by Gasteiger charge is 2.21. The number of hydrogen-bond donors (Lipinski definition) is 2. The molecule has 2 aromatic rings. The summed E-state index contributed by atoms with van der Waals surface area (Å²) in [7, 11) is 1.46. The number of urea groups is 1. The Morgan fingerprint density at radius 2 is 2.11 bits per heavy atom. The van der Waals surface area contributed by atoms with Gasteiger partial charge in [-0.1, -0.05) is 0 Å². The first-order valence-electron chi connectivity index (χ1n) is 5.73. The van der Waals surface area contributed by atoms with Gasteiger partial charge in [-0.15, -0.1) is 11.3 Å². The molecule has 1 atom stereocenters. The molecule has 1 aromatic carbocycles. The Labute approximate surface area is 114 Å². The van der Waals surface area contributed by atoms with Crippen molar-refractivity contribution in [1.29, 1.82) is 0 Å². The van der Waals surface area contributed by atoms with Gasteiger partial charge in [0, 0.05) is 17.4 Å². The summed E-state index contributed by atoms with van der Waals surface area (Å²) in [6.45, 7) is 1.46. The van der Waals surface area contributed by atoms with E-state index < -0.39 is 18.0 Å². The Kier molecular flexibility index (Phi) is 3.71. The fraction of sp³-hybridized carbons (Fsp3) is 0.231. The predicted molar refractivity (Wildman–Crippen MR) is 75.7 cm³/mol. The van der Waals surface area contributed by atoms with Crippen LogP contribution in [0.4, 0.5) is 10.5 Å². The third-order valence-electron chi connectivity index (χ3n) is 2.96. The van der Waals surface area contributed by atoms with Crippen molar-refractivity contribution in [2.45, 2.75) is 13.0 Å². The normalized spacial score (nSPS) is 12.1. The number of hydrogen-bond acceptors (Lipinski definition) is 3. The molecule has 1 unspecified atom stereocenters. The SMILES string of the molecule is CC(C(=O)O)N(C)C(=O)Nc1ccc2sccc2c1. The quantitative estimate of drug-likeness (QED) is 0.907. The number of rotatable bonds is 3. The third-order valence-corrected chi connectivity index (χ3v) is 3.86. The summed E-state index contributed by atoms with van der Waals surface area (Å²) >= 11 is 1.63. The van der Waals surface area contributed by atoms with Gasteiger partial charge in [-0.2, -0.15) is 0 Å². The maximum atomic E-state index is 11.9.